The SMILES string of the molecule is CCCCCCCCNC(=S)[S-].CCCCCCCCNC(=S)[S-].[Zn+2]. The molecule has 7 heteroatoms. The van der Waals surface area contributed by atoms with Crippen LogP contribution in [0, 0.1) is 0 Å². The fraction of sp³-hybridized carbons (Fsp3) is 0.889. The molecule has 0 aromatic heterocycles. The van der Waals surface area contributed by atoms with Crippen molar-refractivity contribution in [3.8, 4) is 0 Å². The number of rotatable bonds is 14. The van der Waals surface area contributed by atoms with Gasteiger partial charge in [-0.25, -0.2) is 0 Å². The molecule has 144 valence electrons. The second-order valence-corrected chi connectivity index (χ2v) is 8.11. The summed E-state index contributed by atoms with van der Waals surface area (Å²) >= 11 is 18.9. The number of unbranched alkanes of at least 4 members (excludes halogenated alkanes) is 10. The van der Waals surface area contributed by atoms with Gasteiger partial charge in [-0.2, -0.15) is 0 Å². The number of thiocarbonyl (C=S) groups is 2. The summed E-state index contributed by atoms with van der Waals surface area (Å²) in [6.07, 6.45) is 15.8. The Morgan fingerprint density at radius 2 is 0.880 bits per heavy atom. The Labute approximate surface area is 191 Å². The third kappa shape index (κ3) is 36.5. The quantitative estimate of drug-likeness (QED) is 0.149. The van der Waals surface area contributed by atoms with E-state index in [0.29, 0.717) is 8.64 Å². The van der Waals surface area contributed by atoms with Gasteiger partial charge < -0.3 is 60.3 Å². The van der Waals surface area contributed by atoms with Crippen LogP contribution >= 0.6 is 24.4 Å². The molecule has 2 N–H and O–H groups in total. The van der Waals surface area contributed by atoms with E-state index in [1.807, 2.05) is 0 Å². The number of hydrogen-bond donors (Lipinski definition) is 2. The third-order valence-electron chi connectivity index (χ3n) is 3.60. The largest absolute Gasteiger partial charge is 2.00 e. The maximum Gasteiger partial charge on any atom is 2.00 e. The summed E-state index contributed by atoms with van der Waals surface area (Å²) in [4.78, 5) is 0. The van der Waals surface area contributed by atoms with Crippen LogP contribution in [0.5, 0.6) is 0 Å². The van der Waals surface area contributed by atoms with Gasteiger partial charge in [-0.3, -0.25) is 0 Å². The van der Waals surface area contributed by atoms with Crippen molar-refractivity contribution in [2.24, 2.45) is 0 Å². The molecule has 0 aliphatic heterocycles. The summed E-state index contributed by atoms with van der Waals surface area (Å²) in [6.45, 7) is 6.37. The molecular formula is C18H36N2S4Zn. The summed E-state index contributed by atoms with van der Waals surface area (Å²) in [7, 11) is 0. The molecule has 0 radical (unpaired) electrons. The molecule has 0 amide bonds. The second kappa shape index (κ2) is 27.1. The van der Waals surface area contributed by atoms with Gasteiger partial charge in [0, 0.05) is 13.1 Å². The van der Waals surface area contributed by atoms with Crippen LogP contribution in [0.25, 0.3) is 0 Å². The average Bonchev–Trinajstić information content (AvgIpc) is 2.53. The Morgan fingerprint density at radius 3 is 1.16 bits per heavy atom. The molecule has 0 aliphatic carbocycles. The van der Waals surface area contributed by atoms with Gasteiger partial charge in [0.2, 0.25) is 0 Å². The second-order valence-electron chi connectivity index (χ2n) is 5.96. The molecule has 0 rings (SSSR count). The minimum atomic E-state index is 0. The average molecular weight is 474 g/mol. The van der Waals surface area contributed by atoms with Gasteiger partial charge in [-0.15, -0.1) is 0 Å². The molecule has 0 aliphatic rings. The monoisotopic (exact) mass is 472 g/mol. The van der Waals surface area contributed by atoms with E-state index in [2.05, 4.69) is 24.5 Å². The van der Waals surface area contributed by atoms with E-state index in [4.69, 9.17) is 49.7 Å². The van der Waals surface area contributed by atoms with Crippen LogP contribution < -0.4 is 10.6 Å². The fourth-order valence-corrected chi connectivity index (χ4v) is 2.60. The molecule has 0 bridgehead atoms. The molecule has 0 aromatic rings. The maximum absolute atomic E-state index is 4.72. The summed E-state index contributed by atoms with van der Waals surface area (Å²) in [5, 5.41) is 5.97. The van der Waals surface area contributed by atoms with E-state index in [1.165, 1.54) is 77.0 Å². The molecule has 0 spiro atoms. The van der Waals surface area contributed by atoms with Crippen LogP contribution in [0.2, 0.25) is 0 Å². The zero-order chi connectivity index (χ0) is 18.5. The molecule has 0 heterocycles. The van der Waals surface area contributed by atoms with E-state index < -0.39 is 0 Å². The Bertz CT molecular complexity index is 264. The smallest absolute Gasteiger partial charge is 0.412 e. The van der Waals surface area contributed by atoms with E-state index in [-0.39, 0.29) is 19.5 Å². The van der Waals surface area contributed by atoms with E-state index in [0.717, 1.165) is 13.1 Å². The van der Waals surface area contributed by atoms with Crippen molar-refractivity contribution >= 4 is 58.3 Å². The molecule has 0 atom stereocenters. The van der Waals surface area contributed by atoms with Crippen molar-refractivity contribution in [3.63, 3.8) is 0 Å². The van der Waals surface area contributed by atoms with Gasteiger partial charge >= 0.3 is 19.5 Å². The van der Waals surface area contributed by atoms with Crippen LogP contribution in [0.1, 0.15) is 90.9 Å². The normalized spacial score (nSPS) is 9.36. The molecule has 0 fully saturated rings. The Morgan fingerprint density at radius 1 is 0.600 bits per heavy atom. The zero-order valence-corrected chi connectivity index (χ0v) is 22.5. The predicted octanol–water partition coefficient (Wildman–Crippen LogP) is 5.53. The summed E-state index contributed by atoms with van der Waals surface area (Å²) in [6, 6.07) is 0. The van der Waals surface area contributed by atoms with Crippen LogP contribution in [-0.4, -0.2) is 21.7 Å². The molecular weight excluding hydrogens is 438 g/mol. The van der Waals surface area contributed by atoms with Crippen molar-refractivity contribution in [2.75, 3.05) is 13.1 Å². The maximum atomic E-state index is 4.72. The number of nitrogens with one attached hydrogen (secondary N) is 2. The molecule has 0 saturated heterocycles. The van der Waals surface area contributed by atoms with E-state index >= 15 is 0 Å². The van der Waals surface area contributed by atoms with Gasteiger partial charge in [-0.1, -0.05) is 86.7 Å². The molecule has 0 saturated carbocycles. The summed E-state index contributed by atoms with van der Waals surface area (Å²) < 4.78 is 1.01. The van der Waals surface area contributed by atoms with Crippen molar-refractivity contribution in [3.05, 3.63) is 0 Å². The van der Waals surface area contributed by atoms with Crippen molar-refractivity contribution in [1.29, 1.82) is 0 Å². The van der Waals surface area contributed by atoms with Crippen molar-refractivity contribution < 1.29 is 19.5 Å². The van der Waals surface area contributed by atoms with Crippen LogP contribution in [-0.2, 0) is 44.7 Å². The van der Waals surface area contributed by atoms with E-state index in [1.54, 1.807) is 0 Å². The first-order valence-corrected chi connectivity index (χ1v) is 11.1. The first-order chi connectivity index (χ1) is 11.5. The fourth-order valence-electron chi connectivity index (χ4n) is 2.19. The van der Waals surface area contributed by atoms with Gasteiger partial charge in [0.05, 0.1) is 0 Å². The van der Waals surface area contributed by atoms with Gasteiger partial charge in [-0.05, 0) is 12.8 Å². The predicted molar refractivity (Wildman–Crippen MR) is 123 cm³/mol. The van der Waals surface area contributed by atoms with Crippen molar-refractivity contribution in [1.82, 2.24) is 10.6 Å². The summed E-state index contributed by atoms with van der Waals surface area (Å²) in [5.41, 5.74) is 0. The van der Waals surface area contributed by atoms with E-state index in [9.17, 15) is 0 Å². The molecule has 0 unspecified atom stereocenters. The summed E-state index contributed by atoms with van der Waals surface area (Å²) in [5.74, 6) is 0. The minimum Gasteiger partial charge on any atom is -0.412 e. The number of hydrogen-bond acceptors (Lipinski definition) is 4. The third-order valence-corrected chi connectivity index (χ3v) is 4.18. The molecule has 25 heavy (non-hydrogen) atoms. The first kappa shape index (κ1) is 30.6. The van der Waals surface area contributed by atoms with Crippen LogP contribution in [0.15, 0.2) is 0 Å². The topological polar surface area (TPSA) is 24.1 Å². The Balaban J connectivity index is -0.000000372. The molecule has 2 nitrogen and oxygen atoms in total. The Kier molecular flexibility index (Phi) is 33.1. The van der Waals surface area contributed by atoms with Crippen LogP contribution in [0.3, 0.4) is 0 Å². The van der Waals surface area contributed by atoms with Crippen LogP contribution in [0.4, 0.5) is 0 Å². The minimum absolute atomic E-state index is 0. The Hall–Kier alpha value is 0.843. The van der Waals surface area contributed by atoms with Gasteiger partial charge in [0.15, 0.2) is 0 Å². The first-order valence-electron chi connectivity index (χ1n) is 9.44. The van der Waals surface area contributed by atoms with Crippen molar-refractivity contribution in [2.45, 2.75) is 90.9 Å². The molecule has 0 aromatic carbocycles. The zero-order valence-electron chi connectivity index (χ0n) is 16.2. The van der Waals surface area contributed by atoms with Gasteiger partial charge in [0.25, 0.3) is 0 Å². The van der Waals surface area contributed by atoms with Gasteiger partial charge in [0.1, 0.15) is 0 Å². The standard InChI is InChI=1S/2C9H19NS2.Zn/c2*1-2-3-4-5-6-7-8-10-9(11)12;/h2*2-8H2,1H3,(H2,10,11,12);/q;;+2/p-2.